The molecule has 6 heteroatoms. The lowest BCUT2D eigenvalue weighted by Gasteiger charge is -1.90. The minimum absolute atomic E-state index is 0.0620. The van der Waals surface area contributed by atoms with Crippen molar-refractivity contribution in [1.82, 2.24) is 10.1 Å². The van der Waals surface area contributed by atoms with Gasteiger partial charge in [0.25, 0.3) is 11.7 Å². The molecule has 1 aromatic heterocycles. The van der Waals surface area contributed by atoms with Crippen molar-refractivity contribution in [3.05, 3.63) is 42.3 Å². The van der Waals surface area contributed by atoms with Gasteiger partial charge >= 0.3 is 6.08 Å². The Hall–Kier alpha value is -2.11. The fourth-order valence-electron chi connectivity index (χ4n) is 1.10. The van der Waals surface area contributed by atoms with Crippen LogP contribution >= 0.6 is 0 Å². The summed E-state index contributed by atoms with van der Waals surface area (Å²) in [5.74, 6) is -2.56. The quantitative estimate of drug-likeness (QED) is 0.788. The molecule has 1 aromatic carbocycles. The van der Waals surface area contributed by atoms with Gasteiger partial charge in [0.15, 0.2) is 0 Å². The van der Waals surface area contributed by atoms with Gasteiger partial charge in [-0.25, -0.2) is 0 Å². The van der Waals surface area contributed by atoms with Crippen molar-refractivity contribution < 1.29 is 17.7 Å². The third-order valence-corrected chi connectivity index (χ3v) is 1.81. The molecule has 0 bridgehead atoms. The molecule has 0 amide bonds. The Labute approximate surface area is 88.2 Å². The molecular formula is C10H5F3N2O. The van der Waals surface area contributed by atoms with Gasteiger partial charge in [-0.3, -0.25) is 0 Å². The molecule has 2 aromatic rings. The largest absolute Gasteiger partial charge is 0.331 e. The maximum Gasteiger partial charge on any atom is 0.311 e. The normalized spacial score (nSPS) is 10.2. The Kier molecular flexibility index (Phi) is 2.72. The van der Waals surface area contributed by atoms with Gasteiger partial charge in [-0.1, -0.05) is 35.5 Å². The van der Waals surface area contributed by atoms with Crippen LogP contribution in [-0.2, 0) is 0 Å². The van der Waals surface area contributed by atoms with Crippen molar-refractivity contribution in [1.29, 1.82) is 0 Å². The van der Waals surface area contributed by atoms with E-state index in [1.807, 2.05) is 0 Å². The van der Waals surface area contributed by atoms with Crippen molar-refractivity contribution in [2.45, 2.75) is 0 Å². The van der Waals surface area contributed by atoms with Crippen LogP contribution < -0.4 is 0 Å². The van der Waals surface area contributed by atoms with E-state index in [-0.39, 0.29) is 5.82 Å². The lowest BCUT2D eigenvalue weighted by molar-refractivity contribution is 0.373. The molecule has 0 unspecified atom stereocenters. The van der Waals surface area contributed by atoms with E-state index in [9.17, 15) is 13.2 Å². The first-order valence-corrected chi connectivity index (χ1v) is 4.29. The van der Waals surface area contributed by atoms with Gasteiger partial charge in [0.2, 0.25) is 5.82 Å². The molecule has 2 rings (SSSR count). The molecular weight excluding hydrogens is 221 g/mol. The second-order valence-electron chi connectivity index (χ2n) is 2.86. The molecule has 0 aliphatic heterocycles. The van der Waals surface area contributed by atoms with Gasteiger partial charge < -0.3 is 4.52 Å². The number of aromatic nitrogens is 2. The Morgan fingerprint density at radius 2 is 1.75 bits per heavy atom. The van der Waals surface area contributed by atoms with E-state index in [0.717, 1.165) is 0 Å². The second kappa shape index (κ2) is 4.18. The maximum absolute atomic E-state index is 12.7. The van der Waals surface area contributed by atoms with Crippen LogP contribution in [0.4, 0.5) is 13.2 Å². The zero-order valence-corrected chi connectivity index (χ0v) is 7.82. The van der Waals surface area contributed by atoms with Crippen LogP contribution in [0.15, 0.2) is 40.9 Å². The van der Waals surface area contributed by atoms with E-state index < -0.39 is 17.8 Å². The molecule has 0 atom stereocenters. The molecule has 3 nitrogen and oxygen atoms in total. The fourth-order valence-corrected chi connectivity index (χ4v) is 1.10. The third kappa shape index (κ3) is 1.95. The molecule has 0 N–H and O–H groups in total. The van der Waals surface area contributed by atoms with Crippen LogP contribution in [0.25, 0.3) is 17.2 Å². The van der Waals surface area contributed by atoms with Gasteiger partial charge in [0.1, 0.15) is 0 Å². The molecule has 0 radical (unpaired) electrons. The highest BCUT2D eigenvalue weighted by Crippen LogP contribution is 2.23. The van der Waals surface area contributed by atoms with E-state index in [0.29, 0.717) is 5.56 Å². The summed E-state index contributed by atoms with van der Waals surface area (Å²) >= 11 is 0. The summed E-state index contributed by atoms with van der Waals surface area (Å²) in [6, 6.07) is 8.51. The first-order chi connectivity index (χ1) is 7.68. The molecule has 0 aliphatic carbocycles. The van der Waals surface area contributed by atoms with E-state index >= 15 is 0 Å². The highest BCUT2D eigenvalue weighted by molar-refractivity contribution is 5.57. The lowest BCUT2D eigenvalue weighted by Crippen LogP contribution is -1.81. The zero-order valence-electron chi connectivity index (χ0n) is 7.82. The lowest BCUT2D eigenvalue weighted by atomic mass is 10.2. The van der Waals surface area contributed by atoms with Crippen molar-refractivity contribution in [2.75, 3.05) is 0 Å². The Balaban J connectivity index is 2.38. The summed E-state index contributed by atoms with van der Waals surface area (Å²) in [5, 5.41) is 3.40. The van der Waals surface area contributed by atoms with Gasteiger partial charge in [-0.2, -0.15) is 18.2 Å². The van der Waals surface area contributed by atoms with Crippen LogP contribution in [0, 0.1) is 0 Å². The zero-order chi connectivity index (χ0) is 11.5. The molecule has 0 fully saturated rings. The van der Waals surface area contributed by atoms with E-state index in [1.165, 1.54) is 0 Å². The minimum Gasteiger partial charge on any atom is -0.331 e. The predicted octanol–water partition coefficient (Wildman–Crippen LogP) is 3.27. The molecule has 0 aliphatic rings. The SMILES string of the molecule is FC(F)=C(F)c1nc(-c2ccccc2)no1. The molecule has 16 heavy (non-hydrogen) atoms. The fraction of sp³-hybridized carbons (Fsp3) is 0. The number of nitrogens with zero attached hydrogens (tertiary/aromatic N) is 2. The molecule has 0 spiro atoms. The number of halogens is 3. The number of hydrogen-bond donors (Lipinski definition) is 0. The smallest absolute Gasteiger partial charge is 0.311 e. The van der Waals surface area contributed by atoms with Gasteiger partial charge in [-0.15, -0.1) is 0 Å². The maximum atomic E-state index is 12.7. The van der Waals surface area contributed by atoms with E-state index in [1.54, 1.807) is 30.3 Å². The predicted molar refractivity (Wildman–Crippen MR) is 50.0 cm³/mol. The summed E-state index contributed by atoms with van der Waals surface area (Å²) in [6.07, 6.45) is -2.48. The van der Waals surface area contributed by atoms with Crippen LogP contribution in [0.5, 0.6) is 0 Å². The average Bonchev–Trinajstić information content (AvgIpc) is 2.78. The van der Waals surface area contributed by atoms with Crippen LogP contribution in [-0.4, -0.2) is 10.1 Å². The van der Waals surface area contributed by atoms with Gasteiger partial charge in [0.05, 0.1) is 0 Å². The number of hydrogen-bond acceptors (Lipinski definition) is 3. The van der Waals surface area contributed by atoms with Gasteiger partial charge in [0, 0.05) is 5.56 Å². The second-order valence-corrected chi connectivity index (χ2v) is 2.86. The first kappa shape index (κ1) is 10.4. The summed E-state index contributed by atoms with van der Waals surface area (Å²) in [4.78, 5) is 3.51. The topological polar surface area (TPSA) is 38.9 Å². The van der Waals surface area contributed by atoms with Gasteiger partial charge in [-0.05, 0) is 0 Å². The highest BCUT2D eigenvalue weighted by Gasteiger charge is 2.17. The van der Waals surface area contributed by atoms with Crippen molar-refractivity contribution in [3.8, 4) is 11.4 Å². The van der Waals surface area contributed by atoms with Crippen LogP contribution in [0.1, 0.15) is 5.89 Å². The summed E-state index contributed by atoms with van der Waals surface area (Å²) < 4.78 is 40.9. The summed E-state index contributed by atoms with van der Waals surface area (Å²) in [7, 11) is 0. The third-order valence-electron chi connectivity index (χ3n) is 1.81. The standard InChI is InChI=1S/C10H5F3N2O/c11-7(8(12)13)10-14-9(15-16-10)6-4-2-1-3-5-6/h1-5H. The van der Waals surface area contributed by atoms with E-state index in [2.05, 4.69) is 14.7 Å². The molecule has 0 saturated carbocycles. The van der Waals surface area contributed by atoms with Crippen molar-refractivity contribution in [3.63, 3.8) is 0 Å². The van der Waals surface area contributed by atoms with Crippen LogP contribution in [0.3, 0.4) is 0 Å². The first-order valence-electron chi connectivity index (χ1n) is 4.29. The molecule has 82 valence electrons. The van der Waals surface area contributed by atoms with Crippen LogP contribution in [0.2, 0.25) is 0 Å². The van der Waals surface area contributed by atoms with Crippen molar-refractivity contribution >= 4 is 5.83 Å². The Morgan fingerprint density at radius 3 is 2.38 bits per heavy atom. The van der Waals surface area contributed by atoms with Crippen molar-refractivity contribution in [2.24, 2.45) is 0 Å². The number of rotatable bonds is 2. The summed E-state index contributed by atoms with van der Waals surface area (Å²) in [5.41, 5.74) is 0.560. The summed E-state index contributed by atoms with van der Waals surface area (Å²) in [6.45, 7) is 0. The minimum atomic E-state index is -2.48. The average molecular weight is 226 g/mol. The number of benzene rings is 1. The monoisotopic (exact) mass is 226 g/mol. The molecule has 0 saturated heterocycles. The van der Waals surface area contributed by atoms with E-state index in [4.69, 9.17) is 0 Å². The Morgan fingerprint density at radius 1 is 1.06 bits per heavy atom. The molecule has 1 heterocycles. The Bertz CT molecular complexity index is 518. The highest BCUT2D eigenvalue weighted by atomic mass is 19.3.